The van der Waals surface area contributed by atoms with Gasteiger partial charge in [0, 0.05) is 12.2 Å². The summed E-state index contributed by atoms with van der Waals surface area (Å²) in [7, 11) is 0. The van der Waals surface area contributed by atoms with Crippen molar-refractivity contribution in [1.82, 2.24) is 0 Å². The van der Waals surface area contributed by atoms with Gasteiger partial charge in [0.1, 0.15) is 0 Å². The number of unbranched alkanes of at least 4 members (excludes halogenated alkanes) is 7. The zero-order valence-electron chi connectivity index (χ0n) is 14.3. The maximum absolute atomic E-state index is 10.7. The van der Waals surface area contributed by atoms with Crippen molar-refractivity contribution in [3.8, 4) is 0 Å². The van der Waals surface area contributed by atoms with Gasteiger partial charge in [-0.2, -0.15) is 0 Å². The Hall–Kier alpha value is -1.58. The van der Waals surface area contributed by atoms with Gasteiger partial charge in [-0.15, -0.1) is 0 Å². The maximum Gasteiger partial charge on any atom is 0.330 e. The minimum atomic E-state index is -0.359. The van der Waals surface area contributed by atoms with Crippen LogP contribution in [0.15, 0.2) is 25.3 Å². The molecule has 128 valence electrons. The fraction of sp³-hybridized carbons (Fsp3) is 0.667. The lowest BCUT2D eigenvalue weighted by molar-refractivity contribution is -0.138. The second-order valence-corrected chi connectivity index (χ2v) is 4.80. The molecule has 0 bridgehead atoms. The Labute approximate surface area is 135 Å². The minimum Gasteiger partial charge on any atom is -0.463 e. The zero-order chi connectivity index (χ0) is 17.1. The summed E-state index contributed by atoms with van der Waals surface area (Å²) < 4.78 is 9.31. The summed E-state index contributed by atoms with van der Waals surface area (Å²) in [4.78, 5) is 20.8. The Morgan fingerprint density at radius 1 is 0.773 bits per heavy atom. The summed E-state index contributed by atoms with van der Waals surface area (Å²) in [6.45, 7) is 11.5. The molecule has 0 amide bonds. The molecule has 4 nitrogen and oxygen atoms in total. The smallest absolute Gasteiger partial charge is 0.330 e. The summed E-state index contributed by atoms with van der Waals surface area (Å²) >= 11 is 0. The van der Waals surface area contributed by atoms with E-state index in [2.05, 4.69) is 24.8 Å². The molecule has 0 radical (unpaired) electrons. The van der Waals surface area contributed by atoms with E-state index in [1.54, 1.807) is 6.92 Å². The maximum atomic E-state index is 10.7. The molecule has 0 heterocycles. The number of rotatable bonds is 12. The van der Waals surface area contributed by atoms with Crippen molar-refractivity contribution < 1.29 is 19.1 Å². The molecule has 0 fully saturated rings. The van der Waals surface area contributed by atoms with Crippen LogP contribution in [0.4, 0.5) is 0 Å². The Morgan fingerprint density at radius 2 is 1.23 bits per heavy atom. The summed E-state index contributed by atoms with van der Waals surface area (Å²) in [5.74, 6) is -0.666. The van der Waals surface area contributed by atoms with Gasteiger partial charge in [-0.3, -0.25) is 0 Å². The number of ether oxygens (including phenoxy) is 2. The van der Waals surface area contributed by atoms with E-state index in [-0.39, 0.29) is 11.9 Å². The van der Waals surface area contributed by atoms with E-state index in [0.717, 1.165) is 18.9 Å². The normalized spacial score (nSPS) is 9.18. The molecule has 0 N–H and O–H groups in total. The van der Waals surface area contributed by atoms with E-state index < -0.39 is 0 Å². The standard InChI is InChI=1S/C13H24O2.C5H8O2/c1-3-5-6-7-8-9-10-11-12-15-13(14)4-2;1-3-5(6)7-4-2/h4H,2-3,5-12H2,1H3;3H,1,4H2,2H3. The third kappa shape index (κ3) is 20.7. The molecule has 4 heteroatoms. The molecule has 0 atom stereocenters. The first-order chi connectivity index (χ1) is 10.6. The van der Waals surface area contributed by atoms with Crippen molar-refractivity contribution in [1.29, 1.82) is 0 Å². The van der Waals surface area contributed by atoms with Crippen LogP contribution in [0.5, 0.6) is 0 Å². The molecular formula is C18H32O4. The molecule has 0 saturated carbocycles. The predicted octanol–water partition coefficient (Wildman–Crippen LogP) is 4.59. The molecule has 0 rings (SSSR count). The number of hydrogen-bond acceptors (Lipinski definition) is 4. The lowest BCUT2D eigenvalue weighted by Crippen LogP contribution is -2.01. The van der Waals surface area contributed by atoms with Crippen LogP contribution in [0, 0.1) is 0 Å². The third-order valence-corrected chi connectivity index (χ3v) is 2.86. The molecule has 0 saturated heterocycles. The number of carbonyl (C=O) groups excluding carboxylic acids is 2. The van der Waals surface area contributed by atoms with Crippen LogP contribution >= 0.6 is 0 Å². The molecule has 0 aromatic heterocycles. The van der Waals surface area contributed by atoms with E-state index >= 15 is 0 Å². The van der Waals surface area contributed by atoms with Crippen molar-refractivity contribution >= 4 is 11.9 Å². The van der Waals surface area contributed by atoms with Crippen molar-refractivity contribution in [3.63, 3.8) is 0 Å². The molecule has 22 heavy (non-hydrogen) atoms. The predicted molar refractivity (Wildman–Crippen MR) is 90.6 cm³/mol. The van der Waals surface area contributed by atoms with Crippen LogP contribution in [-0.2, 0) is 19.1 Å². The van der Waals surface area contributed by atoms with Gasteiger partial charge in [-0.1, -0.05) is 65.0 Å². The summed E-state index contributed by atoms with van der Waals surface area (Å²) in [5, 5.41) is 0. The van der Waals surface area contributed by atoms with E-state index in [4.69, 9.17) is 4.74 Å². The van der Waals surface area contributed by atoms with Crippen LogP contribution in [-0.4, -0.2) is 25.2 Å². The van der Waals surface area contributed by atoms with E-state index in [1.807, 2.05) is 0 Å². The van der Waals surface area contributed by atoms with Crippen molar-refractivity contribution in [2.24, 2.45) is 0 Å². The largest absolute Gasteiger partial charge is 0.463 e. The highest BCUT2D eigenvalue weighted by molar-refractivity contribution is 5.81. The van der Waals surface area contributed by atoms with Crippen molar-refractivity contribution in [2.45, 2.75) is 65.2 Å². The van der Waals surface area contributed by atoms with Gasteiger partial charge < -0.3 is 9.47 Å². The molecule has 0 aliphatic carbocycles. The third-order valence-electron chi connectivity index (χ3n) is 2.86. The van der Waals surface area contributed by atoms with Crippen LogP contribution in [0.2, 0.25) is 0 Å². The van der Waals surface area contributed by atoms with Crippen LogP contribution in [0.3, 0.4) is 0 Å². The fourth-order valence-corrected chi connectivity index (χ4v) is 1.67. The van der Waals surface area contributed by atoms with Gasteiger partial charge in [-0.25, -0.2) is 9.59 Å². The Kier molecular flexibility index (Phi) is 20.0. The van der Waals surface area contributed by atoms with Gasteiger partial charge in [-0.05, 0) is 13.3 Å². The molecule has 0 aromatic rings. The lowest BCUT2D eigenvalue weighted by atomic mass is 10.1. The average molecular weight is 312 g/mol. The molecule has 0 aliphatic rings. The van der Waals surface area contributed by atoms with E-state index in [0.29, 0.717) is 13.2 Å². The Balaban J connectivity index is 0. The van der Waals surface area contributed by atoms with Gasteiger partial charge in [0.2, 0.25) is 0 Å². The second kappa shape index (κ2) is 19.4. The molecule has 0 aromatic carbocycles. The molecule has 0 aliphatic heterocycles. The first-order valence-corrected chi connectivity index (χ1v) is 8.20. The minimum absolute atomic E-state index is 0.307. The highest BCUT2D eigenvalue weighted by Crippen LogP contribution is 2.08. The van der Waals surface area contributed by atoms with Crippen molar-refractivity contribution in [3.05, 3.63) is 25.3 Å². The van der Waals surface area contributed by atoms with Crippen LogP contribution < -0.4 is 0 Å². The van der Waals surface area contributed by atoms with Crippen LogP contribution in [0.25, 0.3) is 0 Å². The van der Waals surface area contributed by atoms with Gasteiger partial charge in [0.15, 0.2) is 0 Å². The van der Waals surface area contributed by atoms with Gasteiger partial charge >= 0.3 is 11.9 Å². The molecule has 0 spiro atoms. The van der Waals surface area contributed by atoms with Gasteiger partial charge in [0.25, 0.3) is 0 Å². The number of esters is 2. The van der Waals surface area contributed by atoms with E-state index in [1.165, 1.54) is 44.6 Å². The monoisotopic (exact) mass is 312 g/mol. The highest BCUT2D eigenvalue weighted by Gasteiger charge is 1.95. The number of hydrogen-bond donors (Lipinski definition) is 0. The average Bonchev–Trinajstić information content (AvgIpc) is 2.53. The summed E-state index contributed by atoms with van der Waals surface area (Å²) in [6.07, 6.45) is 12.4. The Morgan fingerprint density at radius 3 is 1.64 bits per heavy atom. The highest BCUT2D eigenvalue weighted by atomic mass is 16.5. The lowest BCUT2D eigenvalue weighted by Gasteiger charge is -2.02. The zero-order valence-corrected chi connectivity index (χ0v) is 14.3. The molecule has 0 unspecified atom stereocenters. The second-order valence-electron chi connectivity index (χ2n) is 4.80. The summed E-state index contributed by atoms with van der Waals surface area (Å²) in [5.41, 5.74) is 0. The first-order valence-electron chi connectivity index (χ1n) is 8.20. The Bertz CT molecular complexity index is 297. The van der Waals surface area contributed by atoms with Crippen molar-refractivity contribution in [2.75, 3.05) is 13.2 Å². The van der Waals surface area contributed by atoms with E-state index in [9.17, 15) is 9.59 Å². The number of carbonyl (C=O) groups is 2. The SMILES string of the molecule is C=CC(=O)OCC.C=CC(=O)OCCCCCCCCCC. The van der Waals surface area contributed by atoms with Crippen LogP contribution in [0.1, 0.15) is 65.2 Å². The van der Waals surface area contributed by atoms with Gasteiger partial charge in [0.05, 0.1) is 13.2 Å². The quantitative estimate of drug-likeness (QED) is 0.300. The molecular weight excluding hydrogens is 280 g/mol. The first kappa shape index (κ1) is 22.7. The fourth-order valence-electron chi connectivity index (χ4n) is 1.67. The summed E-state index contributed by atoms with van der Waals surface area (Å²) in [6, 6.07) is 0. The topological polar surface area (TPSA) is 52.6 Å².